The van der Waals surface area contributed by atoms with Gasteiger partial charge in [0.15, 0.2) is 5.02 Å². The van der Waals surface area contributed by atoms with Gasteiger partial charge in [0.2, 0.25) is 5.91 Å². The minimum atomic E-state index is -0.788. The van der Waals surface area contributed by atoms with E-state index in [1.807, 2.05) is 0 Å². The van der Waals surface area contributed by atoms with E-state index in [4.69, 9.17) is 22.1 Å². The second-order valence-corrected chi connectivity index (χ2v) is 3.51. The molecule has 0 bridgehead atoms. The number of halogens is 1. The molecule has 0 heterocycles. The number of hydrogen-bond acceptors (Lipinski definition) is 4. The summed E-state index contributed by atoms with van der Waals surface area (Å²) in [5.41, 5.74) is 4.62. The Morgan fingerprint density at radius 1 is 1.59 bits per heavy atom. The molecule has 0 atom stereocenters. The predicted octanol–water partition coefficient (Wildman–Crippen LogP) is 1.95. The summed E-state index contributed by atoms with van der Waals surface area (Å²) in [5, 5.41) is 10.6. The second kappa shape index (κ2) is 5.49. The first-order valence-electron chi connectivity index (χ1n) is 4.67. The molecule has 0 unspecified atom stereocenters. The highest BCUT2D eigenvalue weighted by Crippen LogP contribution is 2.35. The van der Waals surface area contributed by atoms with Gasteiger partial charge in [0.05, 0.1) is 11.5 Å². The van der Waals surface area contributed by atoms with E-state index in [2.05, 4.69) is 6.92 Å². The van der Waals surface area contributed by atoms with Crippen LogP contribution in [-0.4, -0.2) is 17.4 Å². The van der Waals surface area contributed by atoms with Crippen molar-refractivity contribution in [3.05, 3.63) is 39.8 Å². The Balaban J connectivity index is 3.27. The Labute approximate surface area is 102 Å². The summed E-state index contributed by atoms with van der Waals surface area (Å²) < 4.78 is 5.16. The maximum absolute atomic E-state index is 11.0. The Morgan fingerprint density at radius 3 is 2.71 bits per heavy atom. The molecule has 0 aliphatic carbocycles. The summed E-state index contributed by atoms with van der Waals surface area (Å²) in [6.07, 6.45) is 0.463. The number of nitro benzene ring substituents is 1. The number of carbonyl (C=O) groups is 1. The minimum Gasteiger partial charge on any atom is -0.492 e. The van der Waals surface area contributed by atoms with Crippen LogP contribution in [0.3, 0.4) is 0 Å². The first-order valence-corrected chi connectivity index (χ1v) is 5.05. The van der Waals surface area contributed by atoms with Gasteiger partial charge in [0.25, 0.3) is 5.69 Å². The average molecular weight is 258 g/mol. The largest absolute Gasteiger partial charge is 0.492 e. The molecule has 0 spiro atoms. The van der Waals surface area contributed by atoms with Gasteiger partial charge < -0.3 is 10.5 Å². The average Bonchev–Trinajstić information content (AvgIpc) is 2.26. The number of nitrogens with two attached hydrogens (primary N) is 1. The Bertz CT molecular complexity index is 462. The van der Waals surface area contributed by atoms with Gasteiger partial charge in [0, 0.05) is 11.6 Å². The van der Waals surface area contributed by atoms with Crippen LogP contribution >= 0.6 is 11.6 Å². The summed E-state index contributed by atoms with van der Waals surface area (Å²) >= 11 is 5.78. The smallest absolute Gasteiger partial charge is 0.292 e. The molecular formula is C10H10ClN2O4. The molecule has 0 aromatic heterocycles. The highest BCUT2D eigenvalue weighted by molar-refractivity contribution is 6.34. The van der Waals surface area contributed by atoms with E-state index in [1.165, 1.54) is 6.07 Å². The first kappa shape index (κ1) is 13.2. The van der Waals surface area contributed by atoms with Gasteiger partial charge in [-0.2, -0.15) is 0 Å². The van der Waals surface area contributed by atoms with E-state index in [9.17, 15) is 14.9 Å². The molecular weight excluding hydrogens is 248 g/mol. The lowest BCUT2D eigenvalue weighted by Gasteiger charge is -2.08. The highest BCUT2D eigenvalue weighted by Gasteiger charge is 2.20. The number of hydrogen-bond donors (Lipinski definition) is 1. The van der Waals surface area contributed by atoms with E-state index in [0.717, 1.165) is 6.07 Å². The van der Waals surface area contributed by atoms with Crippen LogP contribution < -0.4 is 10.5 Å². The van der Waals surface area contributed by atoms with Crippen molar-refractivity contribution in [2.75, 3.05) is 6.61 Å². The minimum absolute atomic E-state index is 0.0276. The number of nitrogens with zero attached hydrogens (tertiary/aromatic N) is 1. The van der Waals surface area contributed by atoms with E-state index in [1.54, 1.807) is 0 Å². The summed E-state index contributed by atoms with van der Waals surface area (Å²) in [6, 6.07) is 2.29. The molecule has 0 fully saturated rings. The van der Waals surface area contributed by atoms with Crippen LogP contribution in [0, 0.1) is 17.0 Å². The fourth-order valence-corrected chi connectivity index (χ4v) is 1.38. The zero-order valence-corrected chi connectivity index (χ0v) is 9.57. The van der Waals surface area contributed by atoms with Crippen LogP contribution in [0.25, 0.3) is 0 Å². The zero-order valence-electron chi connectivity index (χ0n) is 8.81. The molecule has 2 N–H and O–H groups in total. The number of nitro groups is 1. The molecule has 1 rings (SSSR count). The van der Waals surface area contributed by atoms with Crippen LogP contribution in [0.5, 0.6) is 5.75 Å². The first-order chi connectivity index (χ1) is 7.97. The SMILES string of the molecule is [CH2]CCOc1cc(C(N)=O)cc([N+](=O)[O-])c1Cl. The fraction of sp³-hybridized carbons (Fsp3) is 0.200. The number of rotatable bonds is 5. The molecule has 1 amide bonds. The van der Waals surface area contributed by atoms with Crippen molar-refractivity contribution < 1.29 is 14.5 Å². The molecule has 1 aromatic carbocycles. The fourth-order valence-electron chi connectivity index (χ4n) is 1.15. The molecule has 7 heteroatoms. The lowest BCUT2D eigenvalue weighted by atomic mass is 10.2. The van der Waals surface area contributed by atoms with E-state index in [-0.39, 0.29) is 22.9 Å². The lowest BCUT2D eigenvalue weighted by Crippen LogP contribution is -2.12. The van der Waals surface area contributed by atoms with Gasteiger partial charge in [-0.3, -0.25) is 14.9 Å². The maximum Gasteiger partial charge on any atom is 0.292 e. The molecule has 0 aliphatic rings. The third kappa shape index (κ3) is 3.07. The van der Waals surface area contributed by atoms with Gasteiger partial charge in [-0.25, -0.2) is 0 Å². The monoisotopic (exact) mass is 257 g/mol. The van der Waals surface area contributed by atoms with Gasteiger partial charge in [-0.1, -0.05) is 11.6 Å². The Kier molecular flexibility index (Phi) is 4.28. The molecule has 0 aliphatic heterocycles. The maximum atomic E-state index is 11.0. The third-order valence-corrected chi connectivity index (χ3v) is 2.28. The van der Waals surface area contributed by atoms with Crippen molar-refractivity contribution in [1.29, 1.82) is 0 Å². The molecule has 6 nitrogen and oxygen atoms in total. The normalized spacial score (nSPS) is 10.0. The molecule has 91 valence electrons. The number of benzene rings is 1. The third-order valence-electron chi connectivity index (χ3n) is 1.90. The number of ether oxygens (including phenoxy) is 1. The standard InChI is InChI=1S/C10H10ClN2O4/c1-2-3-17-8-5-6(10(12)14)4-7(9(8)11)13(15)16/h4-5H,1-3H2,(H2,12,14). The van der Waals surface area contributed by atoms with Crippen molar-refractivity contribution in [2.45, 2.75) is 6.42 Å². The van der Waals surface area contributed by atoms with Crippen molar-refractivity contribution >= 4 is 23.2 Å². The van der Waals surface area contributed by atoms with Crippen LogP contribution in [0.2, 0.25) is 5.02 Å². The quantitative estimate of drug-likeness (QED) is 0.644. The summed E-state index contributed by atoms with van der Waals surface area (Å²) in [7, 11) is 0. The zero-order chi connectivity index (χ0) is 13.0. The van der Waals surface area contributed by atoms with Crippen LogP contribution in [0.1, 0.15) is 16.8 Å². The highest BCUT2D eigenvalue weighted by atomic mass is 35.5. The number of amides is 1. The predicted molar refractivity (Wildman–Crippen MR) is 62.1 cm³/mol. The van der Waals surface area contributed by atoms with Gasteiger partial charge in [-0.15, -0.1) is 0 Å². The van der Waals surface area contributed by atoms with E-state index in [0.29, 0.717) is 6.42 Å². The van der Waals surface area contributed by atoms with Crippen LogP contribution in [0.4, 0.5) is 5.69 Å². The number of primary amides is 1. The van der Waals surface area contributed by atoms with Gasteiger partial charge >= 0.3 is 0 Å². The number of carbonyl (C=O) groups excluding carboxylic acids is 1. The van der Waals surface area contributed by atoms with Gasteiger partial charge in [-0.05, 0) is 19.4 Å². The Hall–Kier alpha value is -1.82. The lowest BCUT2D eigenvalue weighted by molar-refractivity contribution is -0.384. The van der Waals surface area contributed by atoms with Gasteiger partial charge in [0.1, 0.15) is 5.75 Å². The molecule has 0 saturated heterocycles. The van der Waals surface area contributed by atoms with Crippen LogP contribution in [-0.2, 0) is 0 Å². The summed E-state index contributed by atoms with van der Waals surface area (Å²) in [5.74, 6) is -0.734. The van der Waals surface area contributed by atoms with Crippen LogP contribution in [0.15, 0.2) is 12.1 Å². The topological polar surface area (TPSA) is 95.5 Å². The Morgan fingerprint density at radius 2 is 2.24 bits per heavy atom. The van der Waals surface area contributed by atoms with Crippen molar-refractivity contribution in [3.8, 4) is 5.75 Å². The van der Waals surface area contributed by atoms with E-state index >= 15 is 0 Å². The molecule has 1 radical (unpaired) electrons. The molecule has 17 heavy (non-hydrogen) atoms. The summed E-state index contributed by atoms with van der Waals surface area (Å²) in [6.45, 7) is 3.79. The summed E-state index contributed by atoms with van der Waals surface area (Å²) in [4.78, 5) is 21.0. The van der Waals surface area contributed by atoms with E-state index < -0.39 is 16.5 Å². The second-order valence-electron chi connectivity index (χ2n) is 3.13. The molecule has 0 saturated carbocycles. The van der Waals surface area contributed by atoms with Crippen molar-refractivity contribution in [1.82, 2.24) is 0 Å². The van der Waals surface area contributed by atoms with Crippen molar-refractivity contribution in [3.63, 3.8) is 0 Å². The van der Waals surface area contributed by atoms with Crippen molar-refractivity contribution in [2.24, 2.45) is 5.73 Å². The molecule has 1 aromatic rings.